The lowest BCUT2D eigenvalue weighted by Crippen LogP contribution is -2.00. The summed E-state index contributed by atoms with van der Waals surface area (Å²) in [5, 5.41) is 8.44. The van der Waals surface area contributed by atoms with Crippen molar-refractivity contribution < 1.29 is 19.4 Å². The molecule has 17 heavy (non-hydrogen) atoms. The summed E-state index contributed by atoms with van der Waals surface area (Å²) >= 11 is 0. The second kappa shape index (κ2) is 11.4. The largest absolute Gasteiger partial charge is 0.481 e. The Bertz CT molecular complexity index is 191. The lowest BCUT2D eigenvalue weighted by Gasteiger charge is -2.02. The first-order valence-electron chi connectivity index (χ1n) is 6.48. The minimum Gasteiger partial charge on any atom is -0.481 e. The average molecular weight is 244 g/mol. The number of esters is 1. The molecule has 0 unspecified atom stereocenters. The number of carboxylic acid groups (broad SMARTS) is 1. The standard InChI is InChI=1S/C13H24O4/c1-12(14)17-11-9-7-5-3-2-4-6-8-10-13(15)16/h2-11H2,1H3,(H,15,16). The fourth-order valence-electron chi connectivity index (χ4n) is 1.65. The zero-order chi connectivity index (χ0) is 12.9. The van der Waals surface area contributed by atoms with Crippen LogP contribution in [0.1, 0.15) is 64.7 Å². The van der Waals surface area contributed by atoms with Gasteiger partial charge in [0.2, 0.25) is 0 Å². The van der Waals surface area contributed by atoms with Crippen LogP contribution in [-0.4, -0.2) is 23.7 Å². The zero-order valence-corrected chi connectivity index (χ0v) is 10.7. The summed E-state index contributed by atoms with van der Waals surface area (Å²) in [5.41, 5.74) is 0. The number of hydrogen-bond donors (Lipinski definition) is 1. The Hall–Kier alpha value is -1.06. The van der Waals surface area contributed by atoms with Crippen molar-refractivity contribution in [3.63, 3.8) is 0 Å². The average Bonchev–Trinajstić information content (AvgIpc) is 2.25. The van der Waals surface area contributed by atoms with Crippen LogP contribution in [0.5, 0.6) is 0 Å². The number of aliphatic carboxylic acids is 1. The molecule has 100 valence electrons. The van der Waals surface area contributed by atoms with Gasteiger partial charge < -0.3 is 9.84 Å². The van der Waals surface area contributed by atoms with E-state index in [1.54, 1.807) is 0 Å². The van der Waals surface area contributed by atoms with Crippen molar-refractivity contribution >= 4 is 11.9 Å². The molecule has 0 amide bonds. The summed E-state index contributed by atoms with van der Waals surface area (Å²) in [7, 11) is 0. The number of carbonyl (C=O) groups excluding carboxylic acids is 1. The Morgan fingerprint density at radius 3 is 1.82 bits per heavy atom. The fraction of sp³-hybridized carbons (Fsp3) is 0.846. The third-order valence-corrected chi connectivity index (χ3v) is 2.59. The summed E-state index contributed by atoms with van der Waals surface area (Å²) < 4.78 is 4.83. The van der Waals surface area contributed by atoms with Gasteiger partial charge in [-0.2, -0.15) is 0 Å². The van der Waals surface area contributed by atoms with Crippen LogP contribution in [0.25, 0.3) is 0 Å². The van der Waals surface area contributed by atoms with Gasteiger partial charge in [0.1, 0.15) is 0 Å². The number of rotatable bonds is 11. The van der Waals surface area contributed by atoms with Crippen LogP contribution in [0.4, 0.5) is 0 Å². The zero-order valence-electron chi connectivity index (χ0n) is 10.7. The SMILES string of the molecule is CC(=O)OCCCCCCCCCCC(=O)O. The lowest BCUT2D eigenvalue weighted by atomic mass is 10.1. The van der Waals surface area contributed by atoms with Crippen molar-refractivity contribution in [1.29, 1.82) is 0 Å². The summed E-state index contributed by atoms with van der Waals surface area (Å²) in [6.45, 7) is 1.96. The maximum atomic E-state index is 10.5. The Balaban J connectivity index is 2.98. The van der Waals surface area contributed by atoms with Gasteiger partial charge in [-0.3, -0.25) is 9.59 Å². The third kappa shape index (κ3) is 14.9. The van der Waals surface area contributed by atoms with Crippen molar-refractivity contribution in [2.75, 3.05) is 6.61 Å². The van der Waals surface area contributed by atoms with E-state index in [1.807, 2.05) is 0 Å². The van der Waals surface area contributed by atoms with E-state index in [0.717, 1.165) is 32.1 Å². The van der Waals surface area contributed by atoms with E-state index in [9.17, 15) is 9.59 Å². The number of carbonyl (C=O) groups is 2. The van der Waals surface area contributed by atoms with E-state index in [4.69, 9.17) is 9.84 Å². The van der Waals surface area contributed by atoms with Crippen molar-refractivity contribution in [3.05, 3.63) is 0 Å². The molecule has 0 aromatic carbocycles. The first-order valence-corrected chi connectivity index (χ1v) is 6.48. The molecule has 0 rings (SSSR count). The third-order valence-electron chi connectivity index (χ3n) is 2.59. The van der Waals surface area contributed by atoms with Gasteiger partial charge in [0.15, 0.2) is 0 Å². The normalized spacial score (nSPS) is 10.2. The Morgan fingerprint density at radius 2 is 1.35 bits per heavy atom. The number of hydrogen-bond acceptors (Lipinski definition) is 3. The molecule has 1 N–H and O–H groups in total. The van der Waals surface area contributed by atoms with E-state index in [2.05, 4.69) is 0 Å². The van der Waals surface area contributed by atoms with Crippen LogP contribution in [0.3, 0.4) is 0 Å². The molecule has 0 aromatic heterocycles. The topological polar surface area (TPSA) is 63.6 Å². The monoisotopic (exact) mass is 244 g/mol. The highest BCUT2D eigenvalue weighted by molar-refractivity contribution is 5.66. The molecule has 0 saturated carbocycles. The van der Waals surface area contributed by atoms with Crippen LogP contribution in [0.2, 0.25) is 0 Å². The Kier molecular flexibility index (Phi) is 10.7. The molecule has 0 fully saturated rings. The predicted molar refractivity (Wildman–Crippen MR) is 65.8 cm³/mol. The maximum Gasteiger partial charge on any atom is 0.303 e. The second-order valence-corrected chi connectivity index (χ2v) is 4.31. The summed E-state index contributed by atoms with van der Waals surface area (Å²) in [4.78, 5) is 20.7. The molecule has 4 nitrogen and oxygen atoms in total. The molecular weight excluding hydrogens is 220 g/mol. The van der Waals surface area contributed by atoms with E-state index >= 15 is 0 Å². The summed E-state index contributed by atoms with van der Waals surface area (Å²) in [6, 6.07) is 0. The molecule has 0 radical (unpaired) electrons. The molecule has 0 aliphatic rings. The van der Waals surface area contributed by atoms with Gasteiger partial charge in [-0.15, -0.1) is 0 Å². The number of ether oxygens (including phenoxy) is 1. The number of carboxylic acids is 1. The van der Waals surface area contributed by atoms with Crippen LogP contribution in [0.15, 0.2) is 0 Å². The molecule has 0 aliphatic carbocycles. The summed E-state index contributed by atoms with van der Waals surface area (Å²) in [5.74, 6) is -0.904. The Labute approximate surface area is 103 Å². The van der Waals surface area contributed by atoms with Crippen LogP contribution in [-0.2, 0) is 14.3 Å². The van der Waals surface area contributed by atoms with E-state index < -0.39 is 5.97 Å². The highest BCUT2D eigenvalue weighted by atomic mass is 16.5. The smallest absolute Gasteiger partial charge is 0.303 e. The van der Waals surface area contributed by atoms with Crippen molar-refractivity contribution in [3.8, 4) is 0 Å². The van der Waals surface area contributed by atoms with Crippen LogP contribution < -0.4 is 0 Å². The van der Waals surface area contributed by atoms with Gasteiger partial charge in [0, 0.05) is 13.3 Å². The maximum absolute atomic E-state index is 10.5. The van der Waals surface area contributed by atoms with E-state index in [-0.39, 0.29) is 5.97 Å². The predicted octanol–water partition coefficient (Wildman–Crippen LogP) is 3.15. The first kappa shape index (κ1) is 15.9. The molecular formula is C13H24O4. The second-order valence-electron chi connectivity index (χ2n) is 4.31. The Morgan fingerprint density at radius 1 is 0.882 bits per heavy atom. The molecule has 0 aromatic rings. The van der Waals surface area contributed by atoms with Gasteiger partial charge in [-0.1, -0.05) is 38.5 Å². The summed E-state index contributed by atoms with van der Waals surface area (Å²) in [6.07, 6.45) is 8.79. The molecule has 0 bridgehead atoms. The number of unbranched alkanes of at least 4 members (excludes halogenated alkanes) is 7. The van der Waals surface area contributed by atoms with E-state index in [1.165, 1.54) is 26.2 Å². The van der Waals surface area contributed by atoms with Gasteiger partial charge in [0.25, 0.3) is 0 Å². The van der Waals surface area contributed by atoms with Crippen LogP contribution in [0, 0.1) is 0 Å². The van der Waals surface area contributed by atoms with Gasteiger partial charge in [-0.25, -0.2) is 0 Å². The quantitative estimate of drug-likeness (QED) is 0.448. The van der Waals surface area contributed by atoms with Crippen molar-refractivity contribution in [2.24, 2.45) is 0 Å². The lowest BCUT2D eigenvalue weighted by molar-refractivity contribution is -0.141. The van der Waals surface area contributed by atoms with E-state index in [0.29, 0.717) is 13.0 Å². The highest BCUT2D eigenvalue weighted by Gasteiger charge is 1.97. The minimum absolute atomic E-state index is 0.205. The molecule has 0 heterocycles. The minimum atomic E-state index is -0.699. The highest BCUT2D eigenvalue weighted by Crippen LogP contribution is 2.09. The van der Waals surface area contributed by atoms with Crippen molar-refractivity contribution in [2.45, 2.75) is 64.7 Å². The molecule has 4 heteroatoms. The van der Waals surface area contributed by atoms with Crippen molar-refractivity contribution in [1.82, 2.24) is 0 Å². The van der Waals surface area contributed by atoms with Gasteiger partial charge in [0.05, 0.1) is 6.61 Å². The van der Waals surface area contributed by atoms with Crippen LogP contribution >= 0.6 is 0 Å². The molecule has 0 atom stereocenters. The van der Waals surface area contributed by atoms with Gasteiger partial charge >= 0.3 is 11.9 Å². The molecule has 0 spiro atoms. The molecule has 0 aliphatic heterocycles. The first-order chi connectivity index (χ1) is 8.13. The fourth-order valence-corrected chi connectivity index (χ4v) is 1.65. The van der Waals surface area contributed by atoms with Gasteiger partial charge in [-0.05, 0) is 12.8 Å². The molecule has 0 saturated heterocycles.